The molecule has 0 aliphatic rings. The normalized spacial score (nSPS) is 12.6. The molecule has 2 N–H and O–H groups in total. The fraction of sp³-hybridized carbons (Fsp3) is 0.571. The topological polar surface area (TPSA) is 66.6 Å². The number of rotatable bonds is 7. The summed E-state index contributed by atoms with van der Waals surface area (Å²) in [6.45, 7) is 5.48. The van der Waals surface area contributed by atoms with E-state index in [9.17, 15) is 8.42 Å². The van der Waals surface area contributed by atoms with Crippen LogP contribution in [0.4, 0.5) is 5.69 Å². The maximum atomic E-state index is 12.8. The molecule has 1 rings (SSSR count). The SMILES string of the molecule is CC(C)CN(CCN(C)C)S(=O)(=O)c1cc(Cl)ccc1N. The number of benzene rings is 1. The molecular weight excluding hydrogens is 310 g/mol. The van der Waals surface area contributed by atoms with E-state index in [0.717, 1.165) is 0 Å². The Morgan fingerprint density at radius 1 is 1.24 bits per heavy atom. The van der Waals surface area contributed by atoms with Crippen molar-refractivity contribution in [1.29, 1.82) is 0 Å². The van der Waals surface area contributed by atoms with Gasteiger partial charge in [0.1, 0.15) is 4.90 Å². The molecule has 0 saturated carbocycles. The van der Waals surface area contributed by atoms with Crippen LogP contribution in [0.2, 0.25) is 5.02 Å². The summed E-state index contributed by atoms with van der Waals surface area (Å²) in [5.74, 6) is 0.224. The van der Waals surface area contributed by atoms with Gasteiger partial charge in [0, 0.05) is 24.7 Å². The molecule has 0 aromatic heterocycles. The van der Waals surface area contributed by atoms with Crippen molar-refractivity contribution in [3.63, 3.8) is 0 Å². The lowest BCUT2D eigenvalue weighted by molar-refractivity contribution is 0.313. The summed E-state index contributed by atoms with van der Waals surface area (Å²) < 4.78 is 27.1. The zero-order chi connectivity index (χ0) is 16.2. The van der Waals surface area contributed by atoms with E-state index in [1.807, 2.05) is 32.8 Å². The van der Waals surface area contributed by atoms with Crippen LogP contribution in [-0.2, 0) is 10.0 Å². The number of likely N-dealkylation sites (N-methyl/N-ethyl adjacent to an activating group) is 1. The van der Waals surface area contributed by atoms with Gasteiger partial charge in [-0.05, 0) is 38.2 Å². The van der Waals surface area contributed by atoms with Gasteiger partial charge in [0.05, 0.1) is 5.69 Å². The van der Waals surface area contributed by atoms with Gasteiger partial charge in [0.15, 0.2) is 0 Å². The molecule has 0 atom stereocenters. The number of sulfonamides is 1. The highest BCUT2D eigenvalue weighted by Gasteiger charge is 2.27. The van der Waals surface area contributed by atoms with E-state index in [-0.39, 0.29) is 16.5 Å². The minimum absolute atomic E-state index is 0.0782. The second kappa shape index (κ2) is 7.45. The van der Waals surface area contributed by atoms with Crippen molar-refractivity contribution < 1.29 is 8.42 Å². The van der Waals surface area contributed by atoms with E-state index in [1.165, 1.54) is 16.4 Å². The molecule has 0 spiro atoms. The first-order valence-electron chi connectivity index (χ1n) is 6.84. The van der Waals surface area contributed by atoms with Crippen LogP contribution in [0.1, 0.15) is 13.8 Å². The van der Waals surface area contributed by atoms with E-state index in [1.54, 1.807) is 6.07 Å². The van der Waals surface area contributed by atoms with Crippen LogP contribution in [0.15, 0.2) is 23.1 Å². The number of nitrogens with two attached hydrogens (primary N) is 1. The number of nitrogen functional groups attached to an aromatic ring is 1. The van der Waals surface area contributed by atoms with E-state index in [2.05, 4.69) is 0 Å². The Balaban J connectivity index is 3.16. The molecule has 0 radical (unpaired) electrons. The maximum Gasteiger partial charge on any atom is 0.245 e. The van der Waals surface area contributed by atoms with Gasteiger partial charge >= 0.3 is 0 Å². The Morgan fingerprint density at radius 2 is 1.86 bits per heavy atom. The van der Waals surface area contributed by atoms with Crippen LogP contribution in [0.3, 0.4) is 0 Å². The first kappa shape index (κ1) is 18.2. The third kappa shape index (κ3) is 5.14. The molecule has 1 aromatic carbocycles. The molecule has 0 aliphatic heterocycles. The van der Waals surface area contributed by atoms with Crippen LogP contribution in [0.25, 0.3) is 0 Å². The third-order valence-electron chi connectivity index (χ3n) is 2.96. The van der Waals surface area contributed by atoms with Gasteiger partial charge < -0.3 is 10.6 Å². The number of anilines is 1. The van der Waals surface area contributed by atoms with Crippen molar-refractivity contribution in [1.82, 2.24) is 9.21 Å². The number of nitrogens with zero attached hydrogens (tertiary/aromatic N) is 2. The van der Waals surface area contributed by atoms with Gasteiger partial charge in [-0.1, -0.05) is 25.4 Å². The number of halogens is 1. The molecule has 1 aromatic rings. The average Bonchev–Trinajstić information content (AvgIpc) is 2.36. The second-order valence-electron chi connectivity index (χ2n) is 5.74. The van der Waals surface area contributed by atoms with Gasteiger partial charge in [0.2, 0.25) is 10.0 Å². The summed E-state index contributed by atoms with van der Waals surface area (Å²) >= 11 is 5.91. The highest BCUT2D eigenvalue weighted by molar-refractivity contribution is 7.89. The summed E-state index contributed by atoms with van der Waals surface area (Å²) in [6.07, 6.45) is 0. The lowest BCUT2D eigenvalue weighted by Gasteiger charge is -2.26. The molecule has 0 bridgehead atoms. The minimum Gasteiger partial charge on any atom is -0.398 e. The molecule has 0 saturated heterocycles. The monoisotopic (exact) mass is 333 g/mol. The molecule has 0 heterocycles. The number of hydrogen-bond donors (Lipinski definition) is 1. The molecule has 120 valence electrons. The standard InChI is InChI=1S/C14H24ClN3O2S/c1-11(2)10-18(8-7-17(3)4)21(19,20)14-9-12(15)5-6-13(14)16/h5-6,9,11H,7-8,10,16H2,1-4H3. The molecular formula is C14H24ClN3O2S. The van der Waals surface area contributed by atoms with Crippen molar-refractivity contribution in [2.75, 3.05) is 39.5 Å². The van der Waals surface area contributed by atoms with Crippen LogP contribution in [0.5, 0.6) is 0 Å². The van der Waals surface area contributed by atoms with E-state index >= 15 is 0 Å². The molecule has 5 nitrogen and oxygen atoms in total. The summed E-state index contributed by atoms with van der Waals surface area (Å²) in [7, 11) is 0.174. The number of hydrogen-bond acceptors (Lipinski definition) is 4. The van der Waals surface area contributed by atoms with Gasteiger partial charge in [0.25, 0.3) is 0 Å². The Labute approximate surface area is 132 Å². The molecule has 0 aliphatic carbocycles. The summed E-state index contributed by atoms with van der Waals surface area (Å²) in [6, 6.07) is 4.52. The van der Waals surface area contributed by atoms with Crippen molar-refractivity contribution >= 4 is 27.3 Å². The smallest absolute Gasteiger partial charge is 0.245 e. The lowest BCUT2D eigenvalue weighted by Crippen LogP contribution is -2.39. The molecule has 21 heavy (non-hydrogen) atoms. The van der Waals surface area contributed by atoms with Gasteiger partial charge in [-0.3, -0.25) is 0 Å². The zero-order valence-corrected chi connectivity index (χ0v) is 14.6. The quantitative estimate of drug-likeness (QED) is 0.776. The minimum atomic E-state index is -3.65. The lowest BCUT2D eigenvalue weighted by atomic mass is 10.2. The van der Waals surface area contributed by atoms with Crippen molar-refractivity contribution in [2.24, 2.45) is 5.92 Å². The van der Waals surface area contributed by atoms with Crippen molar-refractivity contribution in [2.45, 2.75) is 18.7 Å². The Hall–Kier alpha value is -0.820. The average molecular weight is 334 g/mol. The largest absolute Gasteiger partial charge is 0.398 e. The first-order valence-corrected chi connectivity index (χ1v) is 8.66. The highest BCUT2D eigenvalue weighted by atomic mass is 35.5. The fourth-order valence-corrected chi connectivity index (χ4v) is 3.87. The second-order valence-corrected chi connectivity index (χ2v) is 8.09. The van der Waals surface area contributed by atoms with E-state index in [0.29, 0.717) is 24.7 Å². The molecule has 0 fully saturated rings. The van der Waals surface area contributed by atoms with Gasteiger partial charge in [-0.15, -0.1) is 0 Å². The summed E-state index contributed by atoms with van der Waals surface area (Å²) in [5.41, 5.74) is 6.05. The predicted molar refractivity (Wildman–Crippen MR) is 88.0 cm³/mol. The summed E-state index contributed by atoms with van der Waals surface area (Å²) in [4.78, 5) is 2.03. The Morgan fingerprint density at radius 3 is 2.38 bits per heavy atom. The van der Waals surface area contributed by atoms with Crippen LogP contribution >= 0.6 is 11.6 Å². The Bertz CT molecular complexity index is 574. The van der Waals surface area contributed by atoms with Gasteiger partial charge in [-0.25, -0.2) is 8.42 Å². The highest BCUT2D eigenvalue weighted by Crippen LogP contribution is 2.26. The third-order valence-corrected chi connectivity index (χ3v) is 5.11. The maximum absolute atomic E-state index is 12.8. The predicted octanol–water partition coefficient (Wildman–Crippen LogP) is 2.13. The van der Waals surface area contributed by atoms with Crippen LogP contribution in [-0.4, -0.2) is 51.4 Å². The van der Waals surface area contributed by atoms with Crippen molar-refractivity contribution in [3.05, 3.63) is 23.2 Å². The molecule has 7 heteroatoms. The fourth-order valence-electron chi connectivity index (χ4n) is 1.90. The van der Waals surface area contributed by atoms with E-state index < -0.39 is 10.0 Å². The van der Waals surface area contributed by atoms with Crippen LogP contribution < -0.4 is 5.73 Å². The van der Waals surface area contributed by atoms with Gasteiger partial charge in [-0.2, -0.15) is 4.31 Å². The Kier molecular flexibility index (Phi) is 6.46. The van der Waals surface area contributed by atoms with E-state index in [4.69, 9.17) is 17.3 Å². The summed E-state index contributed by atoms with van der Waals surface area (Å²) in [5, 5.41) is 0.361. The molecule has 0 amide bonds. The zero-order valence-electron chi connectivity index (χ0n) is 13.0. The van der Waals surface area contributed by atoms with Crippen molar-refractivity contribution in [3.8, 4) is 0 Å². The molecule has 0 unspecified atom stereocenters. The first-order chi connectivity index (χ1) is 9.64. The van der Waals surface area contributed by atoms with Crippen LogP contribution in [0, 0.1) is 5.92 Å².